The van der Waals surface area contributed by atoms with E-state index in [0.29, 0.717) is 11.7 Å². The molecule has 128 valence electrons. The molecule has 0 saturated carbocycles. The number of rotatable bonds is 6. The Kier molecular flexibility index (Phi) is 5.39. The Labute approximate surface area is 148 Å². The molecule has 0 saturated heterocycles. The molecule has 1 amide bonds. The number of amides is 1. The summed E-state index contributed by atoms with van der Waals surface area (Å²) in [7, 11) is 0. The molecule has 1 heterocycles. The number of para-hydroxylation sites is 1. The van der Waals surface area contributed by atoms with Gasteiger partial charge in [0.25, 0.3) is 0 Å². The maximum absolute atomic E-state index is 12.9. The minimum Gasteiger partial charge on any atom is -0.351 e. The van der Waals surface area contributed by atoms with Gasteiger partial charge in [0.1, 0.15) is 5.82 Å². The average Bonchev–Trinajstić information content (AvgIpc) is 3.09. The molecule has 0 radical (unpaired) electrons. The minimum atomic E-state index is -0.381. The van der Waals surface area contributed by atoms with E-state index in [9.17, 15) is 9.18 Å². The Bertz CT molecular complexity index is 838. The van der Waals surface area contributed by atoms with Crippen molar-refractivity contribution >= 4 is 17.7 Å². The summed E-state index contributed by atoms with van der Waals surface area (Å²) in [6, 6.07) is 15.5. The summed E-state index contributed by atoms with van der Waals surface area (Å²) >= 11 is 1.27. The molecule has 1 atom stereocenters. The van der Waals surface area contributed by atoms with Crippen LogP contribution < -0.4 is 5.32 Å². The standard InChI is InChI=1S/C17H16FN5OS/c1-12(16(24)19-11-13-7-9-14(18)10-8-13)25-17-20-21-22-23(17)15-5-3-2-4-6-15/h2-10,12H,11H2,1H3,(H,19,24). The van der Waals surface area contributed by atoms with Crippen LogP contribution in [-0.2, 0) is 11.3 Å². The highest BCUT2D eigenvalue weighted by atomic mass is 32.2. The number of carbonyl (C=O) groups is 1. The molecular weight excluding hydrogens is 341 g/mol. The highest BCUT2D eigenvalue weighted by Crippen LogP contribution is 2.22. The fourth-order valence-corrected chi connectivity index (χ4v) is 2.96. The van der Waals surface area contributed by atoms with E-state index in [4.69, 9.17) is 0 Å². The second kappa shape index (κ2) is 7.89. The van der Waals surface area contributed by atoms with Crippen molar-refractivity contribution in [1.29, 1.82) is 0 Å². The molecular formula is C17H16FN5OS. The third-order valence-corrected chi connectivity index (χ3v) is 4.51. The first-order valence-corrected chi connectivity index (χ1v) is 8.54. The molecule has 0 fully saturated rings. The lowest BCUT2D eigenvalue weighted by Crippen LogP contribution is -2.30. The normalized spacial score (nSPS) is 11.9. The lowest BCUT2D eigenvalue weighted by Gasteiger charge is -2.11. The molecule has 0 aliphatic rings. The molecule has 8 heteroatoms. The Morgan fingerprint density at radius 2 is 1.92 bits per heavy atom. The maximum Gasteiger partial charge on any atom is 0.233 e. The summed E-state index contributed by atoms with van der Waals surface area (Å²) in [5, 5.41) is 14.6. The smallest absolute Gasteiger partial charge is 0.233 e. The lowest BCUT2D eigenvalue weighted by molar-refractivity contribution is -0.120. The van der Waals surface area contributed by atoms with Crippen molar-refractivity contribution in [3.8, 4) is 5.69 Å². The van der Waals surface area contributed by atoms with E-state index < -0.39 is 0 Å². The van der Waals surface area contributed by atoms with E-state index in [2.05, 4.69) is 20.8 Å². The Morgan fingerprint density at radius 3 is 2.64 bits per heavy atom. The van der Waals surface area contributed by atoms with E-state index >= 15 is 0 Å². The average molecular weight is 357 g/mol. The molecule has 0 aliphatic carbocycles. The predicted molar refractivity (Wildman–Crippen MR) is 92.7 cm³/mol. The van der Waals surface area contributed by atoms with Gasteiger partial charge in [-0.3, -0.25) is 4.79 Å². The van der Waals surface area contributed by atoms with Gasteiger partial charge in [0.05, 0.1) is 10.9 Å². The summed E-state index contributed by atoms with van der Waals surface area (Å²) in [5.74, 6) is -0.441. The van der Waals surface area contributed by atoms with Crippen LogP contribution in [0.4, 0.5) is 4.39 Å². The third-order valence-electron chi connectivity index (χ3n) is 3.47. The summed E-state index contributed by atoms with van der Waals surface area (Å²) < 4.78 is 14.5. The van der Waals surface area contributed by atoms with Crippen LogP contribution in [0.2, 0.25) is 0 Å². The van der Waals surface area contributed by atoms with Crippen molar-refractivity contribution < 1.29 is 9.18 Å². The van der Waals surface area contributed by atoms with Gasteiger partial charge in [-0.15, -0.1) is 5.10 Å². The first-order valence-electron chi connectivity index (χ1n) is 7.66. The summed E-state index contributed by atoms with van der Waals surface area (Å²) in [4.78, 5) is 12.3. The molecule has 2 aromatic carbocycles. The number of nitrogens with one attached hydrogen (secondary N) is 1. The van der Waals surface area contributed by atoms with Crippen LogP contribution >= 0.6 is 11.8 Å². The van der Waals surface area contributed by atoms with Gasteiger partial charge in [-0.05, 0) is 47.2 Å². The van der Waals surface area contributed by atoms with Gasteiger partial charge in [-0.1, -0.05) is 42.1 Å². The Hall–Kier alpha value is -2.74. The van der Waals surface area contributed by atoms with E-state index in [-0.39, 0.29) is 17.0 Å². The number of tetrazole rings is 1. The third kappa shape index (κ3) is 4.42. The lowest BCUT2D eigenvalue weighted by atomic mass is 10.2. The van der Waals surface area contributed by atoms with Crippen LogP contribution in [-0.4, -0.2) is 31.4 Å². The molecule has 1 unspecified atom stereocenters. The zero-order valence-electron chi connectivity index (χ0n) is 13.5. The summed E-state index contributed by atoms with van der Waals surface area (Å²) in [6.07, 6.45) is 0. The zero-order chi connectivity index (χ0) is 17.6. The highest BCUT2D eigenvalue weighted by Gasteiger charge is 2.19. The van der Waals surface area contributed by atoms with Crippen molar-refractivity contribution in [2.24, 2.45) is 0 Å². The highest BCUT2D eigenvalue weighted by molar-refractivity contribution is 8.00. The zero-order valence-corrected chi connectivity index (χ0v) is 14.3. The van der Waals surface area contributed by atoms with Crippen LogP contribution in [0.5, 0.6) is 0 Å². The quantitative estimate of drug-likeness (QED) is 0.687. The van der Waals surface area contributed by atoms with Crippen molar-refractivity contribution in [3.05, 3.63) is 66.0 Å². The van der Waals surface area contributed by atoms with Gasteiger partial charge in [-0.2, -0.15) is 4.68 Å². The van der Waals surface area contributed by atoms with Gasteiger partial charge < -0.3 is 5.32 Å². The second-order valence-corrected chi connectivity index (χ2v) is 6.62. The number of hydrogen-bond donors (Lipinski definition) is 1. The molecule has 3 aromatic rings. The molecule has 1 N–H and O–H groups in total. The van der Waals surface area contributed by atoms with Crippen molar-refractivity contribution in [1.82, 2.24) is 25.5 Å². The van der Waals surface area contributed by atoms with Gasteiger partial charge in [0.15, 0.2) is 0 Å². The van der Waals surface area contributed by atoms with Crippen LogP contribution in [0, 0.1) is 5.82 Å². The number of carbonyl (C=O) groups excluding carboxylic acids is 1. The van der Waals surface area contributed by atoms with E-state index in [1.807, 2.05) is 30.3 Å². The number of benzene rings is 2. The molecule has 0 bridgehead atoms. The number of halogens is 1. The minimum absolute atomic E-state index is 0.142. The number of thioether (sulfide) groups is 1. The van der Waals surface area contributed by atoms with Crippen molar-refractivity contribution in [3.63, 3.8) is 0 Å². The SMILES string of the molecule is CC(Sc1nnnn1-c1ccccc1)C(=O)NCc1ccc(F)cc1. The largest absolute Gasteiger partial charge is 0.351 e. The fourth-order valence-electron chi connectivity index (χ4n) is 2.13. The van der Waals surface area contributed by atoms with Crippen molar-refractivity contribution in [2.45, 2.75) is 23.9 Å². The number of hydrogen-bond acceptors (Lipinski definition) is 5. The predicted octanol–water partition coefficient (Wildman–Crippen LogP) is 2.60. The topological polar surface area (TPSA) is 72.7 Å². The first kappa shape index (κ1) is 17.1. The van der Waals surface area contributed by atoms with Crippen molar-refractivity contribution in [2.75, 3.05) is 0 Å². The van der Waals surface area contributed by atoms with Crippen LogP contribution in [0.3, 0.4) is 0 Å². The van der Waals surface area contributed by atoms with E-state index in [0.717, 1.165) is 11.3 Å². The molecule has 0 spiro atoms. The molecule has 3 rings (SSSR count). The molecule has 25 heavy (non-hydrogen) atoms. The fraction of sp³-hybridized carbons (Fsp3) is 0.176. The van der Waals surface area contributed by atoms with Crippen LogP contribution in [0.15, 0.2) is 59.8 Å². The van der Waals surface area contributed by atoms with Gasteiger partial charge in [0.2, 0.25) is 11.1 Å². The number of aromatic nitrogens is 4. The van der Waals surface area contributed by atoms with E-state index in [1.54, 1.807) is 23.7 Å². The monoisotopic (exact) mass is 357 g/mol. The van der Waals surface area contributed by atoms with Gasteiger partial charge >= 0.3 is 0 Å². The van der Waals surface area contributed by atoms with Crippen LogP contribution in [0.1, 0.15) is 12.5 Å². The summed E-state index contributed by atoms with van der Waals surface area (Å²) in [5.41, 5.74) is 1.66. The van der Waals surface area contributed by atoms with Gasteiger partial charge in [0, 0.05) is 6.54 Å². The Balaban J connectivity index is 1.60. The second-order valence-electron chi connectivity index (χ2n) is 5.31. The molecule has 6 nitrogen and oxygen atoms in total. The van der Waals surface area contributed by atoms with Crippen LogP contribution in [0.25, 0.3) is 5.69 Å². The molecule has 1 aromatic heterocycles. The first-order chi connectivity index (χ1) is 12.1. The van der Waals surface area contributed by atoms with Gasteiger partial charge in [-0.25, -0.2) is 4.39 Å². The Morgan fingerprint density at radius 1 is 1.20 bits per heavy atom. The summed E-state index contributed by atoms with van der Waals surface area (Å²) in [6.45, 7) is 2.13. The number of nitrogens with zero attached hydrogens (tertiary/aromatic N) is 4. The van der Waals surface area contributed by atoms with E-state index in [1.165, 1.54) is 23.9 Å². The molecule has 0 aliphatic heterocycles. The maximum atomic E-state index is 12.9.